The first-order valence-corrected chi connectivity index (χ1v) is 3.62. The Morgan fingerprint density at radius 3 is 1.67 bits per heavy atom. The Bertz CT molecular complexity index is 53.4. The number of hydrogen-bond acceptors (Lipinski definition) is 4. The molecule has 0 heterocycles. The molecule has 0 saturated heterocycles. The van der Waals surface area contributed by atoms with Crippen molar-refractivity contribution in [2.45, 2.75) is 6.92 Å². The summed E-state index contributed by atoms with van der Waals surface area (Å²) < 4.78 is 4.03. The Hall–Kier alpha value is 1.02. The van der Waals surface area contributed by atoms with Crippen LogP contribution in [0.4, 0.5) is 0 Å². The molecule has 0 aliphatic carbocycles. The molecule has 0 amide bonds. The van der Waals surface area contributed by atoms with Crippen molar-refractivity contribution >= 4 is 38.6 Å². The van der Waals surface area contributed by atoms with Gasteiger partial charge in [0.25, 0.3) is 0 Å². The van der Waals surface area contributed by atoms with E-state index < -0.39 is 9.05 Å². The molecule has 0 saturated carbocycles. The SMILES string of the molecule is CCO[Si](O)(O)O.O.[NaH]. The van der Waals surface area contributed by atoms with Crippen LogP contribution in [0.2, 0.25) is 0 Å². The zero-order chi connectivity index (χ0) is 5.91. The van der Waals surface area contributed by atoms with Crippen molar-refractivity contribution in [1.29, 1.82) is 0 Å². The molecule has 0 aliphatic heterocycles. The maximum atomic E-state index is 8.05. The molecule has 0 aromatic heterocycles. The van der Waals surface area contributed by atoms with Crippen molar-refractivity contribution in [2.75, 3.05) is 6.61 Å². The Morgan fingerprint density at radius 2 is 1.67 bits per heavy atom. The van der Waals surface area contributed by atoms with Crippen molar-refractivity contribution < 1.29 is 24.3 Å². The molecule has 0 aliphatic rings. The Kier molecular flexibility index (Phi) is 13.1. The third kappa shape index (κ3) is 17.6. The molecule has 5 nitrogen and oxygen atoms in total. The van der Waals surface area contributed by atoms with Crippen LogP contribution in [0.1, 0.15) is 6.92 Å². The molecule has 0 fully saturated rings. The molecule has 0 aromatic carbocycles. The molecule has 0 unspecified atom stereocenters. The fourth-order valence-electron chi connectivity index (χ4n) is 0.194. The molecule has 0 rings (SSSR count). The first kappa shape index (κ1) is 16.5. The van der Waals surface area contributed by atoms with Crippen molar-refractivity contribution in [1.82, 2.24) is 0 Å². The van der Waals surface area contributed by atoms with Crippen LogP contribution in [0.25, 0.3) is 0 Å². The van der Waals surface area contributed by atoms with Crippen LogP contribution in [0.5, 0.6) is 0 Å². The molecule has 0 spiro atoms. The third-order valence-corrected chi connectivity index (χ3v) is 1.01. The average Bonchev–Trinajstić information content (AvgIpc) is 1.30. The van der Waals surface area contributed by atoms with Gasteiger partial charge in [-0.1, -0.05) is 0 Å². The van der Waals surface area contributed by atoms with Crippen molar-refractivity contribution in [3.63, 3.8) is 0 Å². The fraction of sp³-hybridized carbons (Fsp3) is 1.00. The minimum atomic E-state index is -4.16. The van der Waals surface area contributed by atoms with E-state index in [0.717, 1.165) is 0 Å². The van der Waals surface area contributed by atoms with Gasteiger partial charge in [0, 0.05) is 6.61 Å². The van der Waals surface area contributed by atoms with Gasteiger partial charge < -0.3 is 24.3 Å². The fourth-order valence-corrected chi connectivity index (χ4v) is 0.581. The molecule has 0 aromatic rings. The van der Waals surface area contributed by atoms with Crippen molar-refractivity contribution in [2.24, 2.45) is 0 Å². The van der Waals surface area contributed by atoms with Gasteiger partial charge in [0.1, 0.15) is 0 Å². The van der Waals surface area contributed by atoms with Gasteiger partial charge in [-0.3, -0.25) is 0 Å². The molecule has 54 valence electrons. The monoisotopic (exact) mass is 166 g/mol. The van der Waals surface area contributed by atoms with Crippen LogP contribution >= 0.6 is 0 Å². The van der Waals surface area contributed by atoms with E-state index in [1.54, 1.807) is 6.92 Å². The molecule has 0 atom stereocenters. The van der Waals surface area contributed by atoms with Gasteiger partial charge in [-0.2, -0.15) is 0 Å². The van der Waals surface area contributed by atoms with E-state index in [0.29, 0.717) is 0 Å². The minimum absolute atomic E-state index is 0. The predicted molar refractivity (Wildman–Crippen MR) is 34.8 cm³/mol. The summed E-state index contributed by atoms with van der Waals surface area (Å²) in [5, 5.41) is 0. The molecular weight excluding hydrogens is 155 g/mol. The van der Waals surface area contributed by atoms with E-state index in [9.17, 15) is 0 Å². The summed E-state index contributed by atoms with van der Waals surface area (Å²) in [5.74, 6) is 0. The summed E-state index contributed by atoms with van der Waals surface area (Å²) in [6.45, 7) is 1.68. The Labute approximate surface area is 76.4 Å². The normalized spacial score (nSPS) is 9.33. The van der Waals surface area contributed by atoms with Crippen molar-refractivity contribution in [3.05, 3.63) is 0 Å². The Balaban J connectivity index is -0.000000180. The van der Waals surface area contributed by atoms with Crippen LogP contribution in [-0.4, -0.2) is 65.1 Å². The summed E-state index contributed by atoms with van der Waals surface area (Å²) in [6, 6.07) is 0. The summed E-state index contributed by atoms with van der Waals surface area (Å²) in [4.78, 5) is 24.1. The van der Waals surface area contributed by atoms with Crippen LogP contribution in [0.3, 0.4) is 0 Å². The molecule has 0 radical (unpaired) electrons. The molecule has 9 heavy (non-hydrogen) atoms. The van der Waals surface area contributed by atoms with Crippen LogP contribution in [0, 0.1) is 0 Å². The van der Waals surface area contributed by atoms with Crippen LogP contribution in [-0.2, 0) is 4.43 Å². The van der Waals surface area contributed by atoms with Gasteiger partial charge >= 0.3 is 38.6 Å². The molecule has 5 N–H and O–H groups in total. The summed E-state index contributed by atoms with van der Waals surface area (Å²) >= 11 is 0. The quantitative estimate of drug-likeness (QED) is 0.379. The maximum absolute atomic E-state index is 8.05. The third-order valence-electron chi connectivity index (χ3n) is 0.338. The molecular formula is C2H11NaO5Si. The van der Waals surface area contributed by atoms with E-state index in [1.165, 1.54) is 0 Å². The second-order valence-electron chi connectivity index (χ2n) is 1.01. The summed E-state index contributed by atoms with van der Waals surface area (Å²) in [5.41, 5.74) is 0. The number of hydrogen-bond donors (Lipinski definition) is 3. The molecule has 7 heteroatoms. The van der Waals surface area contributed by atoms with E-state index in [1.807, 2.05) is 0 Å². The van der Waals surface area contributed by atoms with Crippen LogP contribution in [0.15, 0.2) is 0 Å². The van der Waals surface area contributed by atoms with Crippen LogP contribution < -0.4 is 0 Å². The summed E-state index contributed by atoms with van der Waals surface area (Å²) in [6.07, 6.45) is 0. The van der Waals surface area contributed by atoms with Gasteiger partial charge in [0.15, 0.2) is 0 Å². The molecule has 0 bridgehead atoms. The topological polar surface area (TPSA) is 101 Å². The Morgan fingerprint density at radius 1 is 1.33 bits per heavy atom. The first-order chi connectivity index (χ1) is 3.06. The van der Waals surface area contributed by atoms with Gasteiger partial charge in [0.2, 0.25) is 0 Å². The van der Waals surface area contributed by atoms with Crippen molar-refractivity contribution in [3.8, 4) is 0 Å². The zero-order valence-corrected chi connectivity index (χ0v) is 5.46. The average molecular weight is 166 g/mol. The van der Waals surface area contributed by atoms with Gasteiger partial charge in [-0.05, 0) is 6.92 Å². The standard InChI is InChI=1S/C2H8O4Si.Na.H2O.H/c1-2-6-7(3,4)5;;;/h3-5H,2H2,1H3;;1H2;. The number of rotatable bonds is 2. The zero-order valence-electron chi connectivity index (χ0n) is 4.46. The van der Waals surface area contributed by atoms with E-state index in [-0.39, 0.29) is 41.6 Å². The second kappa shape index (κ2) is 7.13. The van der Waals surface area contributed by atoms with Gasteiger partial charge in [-0.15, -0.1) is 0 Å². The first-order valence-electron chi connectivity index (χ1n) is 1.87. The van der Waals surface area contributed by atoms with E-state index >= 15 is 0 Å². The van der Waals surface area contributed by atoms with E-state index in [4.69, 9.17) is 14.4 Å². The predicted octanol–water partition coefficient (Wildman–Crippen LogP) is -3.04. The van der Waals surface area contributed by atoms with E-state index in [2.05, 4.69) is 4.43 Å². The second-order valence-corrected chi connectivity index (χ2v) is 2.44. The van der Waals surface area contributed by atoms with Gasteiger partial charge in [-0.25, -0.2) is 0 Å². The summed E-state index contributed by atoms with van der Waals surface area (Å²) in [7, 11) is -4.16. The van der Waals surface area contributed by atoms with Gasteiger partial charge in [0.05, 0.1) is 0 Å².